The Labute approximate surface area is 234 Å². The van der Waals surface area contributed by atoms with Crippen LogP contribution >= 0.6 is 11.6 Å². The van der Waals surface area contributed by atoms with Crippen LogP contribution in [0.2, 0.25) is 5.02 Å². The van der Waals surface area contributed by atoms with Crippen LogP contribution < -0.4 is 16.4 Å². The lowest BCUT2D eigenvalue weighted by molar-refractivity contribution is -0.117. The Morgan fingerprint density at radius 2 is 1.82 bits per heavy atom. The van der Waals surface area contributed by atoms with Gasteiger partial charge in [-0.05, 0) is 79.4 Å². The van der Waals surface area contributed by atoms with Crippen LogP contribution in [-0.4, -0.2) is 48.6 Å². The summed E-state index contributed by atoms with van der Waals surface area (Å²) in [6, 6.07) is 22.6. The summed E-state index contributed by atoms with van der Waals surface area (Å²) in [7, 11) is 0. The van der Waals surface area contributed by atoms with Crippen molar-refractivity contribution in [2.45, 2.75) is 37.3 Å². The van der Waals surface area contributed by atoms with Gasteiger partial charge in [0.25, 0.3) is 0 Å². The lowest BCUT2D eigenvalue weighted by Gasteiger charge is -2.27. The van der Waals surface area contributed by atoms with Crippen molar-refractivity contribution in [3.8, 4) is 0 Å². The van der Waals surface area contributed by atoms with Crippen molar-refractivity contribution in [1.82, 2.24) is 4.90 Å². The summed E-state index contributed by atoms with van der Waals surface area (Å²) in [4.78, 5) is 28.2. The summed E-state index contributed by atoms with van der Waals surface area (Å²) >= 11 is 6.01. The van der Waals surface area contributed by atoms with Gasteiger partial charge in [0.05, 0.1) is 30.0 Å². The Bertz CT molecular complexity index is 1330. The first-order chi connectivity index (χ1) is 18.9. The third-order valence-corrected chi connectivity index (χ3v) is 7.62. The molecule has 2 heterocycles. The smallest absolute Gasteiger partial charge is 0.248 e. The molecule has 39 heavy (non-hydrogen) atoms. The highest BCUT2D eigenvalue weighted by atomic mass is 35.5. The minimum Gasteiger partial charge on any atom is -0.397 e. The van der Waals surface area contributed by atoms with Crippen LogP contribution in [0.3, 0.4) is 0 Å². The maximum atomic E-state index is 13.4. The Balaban J connectivity index is 1.24. The summed E-state index contributed by atoms with van der Waals surface area (Å²) in [6.07, 6.45) is 6.33. The van der Waals surface area contributed by atoms with Crippen molar-refractivity contribution in [2.75, 3.05) is 36.1 Å². The first-order valence-corrected chi connectivity index (χ1v) is 13.7. The summed E-state index contributed by atoms with van der Waals surface area (Å²) in [5.74, 6) is -0.621. The van der Waals surface area contributed by atoms with E-state index in [1.807, 2.05) is 36.4 Å². The maximum Gasteiger partial charge on any atom is 0.248 e. The molecule has 0 aromatic heterocycles. The molecule has 7 nitrogen and oxygen atoms in total. The van der Waals surface area contributed by atoms with Gasteiger partial charge < -0.3 is 21.1 Å². The van der Waals surface area contributed by atoms with Crippen LogP contribution in [0.25, 0.3) is 6.08 Å². The van der Waals surface area contributed by atoms with E-state index in [0.29, 0.717) is 34.2 Å². The van der Waals surface area contributed by atoms with Gasteiger partial charge in [-0.2, -0.15) is 0 Å². The number of nitrogens with two attached hydrogens (primary N) is 1. The molecule has 0 radical (unpaired) electrons. The molecule has 4 N–H and O–H groups in total. The number of anilines is 3. The average molecular weight is 545 g/mol. The van der Waals surface area contributed by atoms with Crippen LogP contribution in [0.1, 0.15) is 36.3 Å². The van der Waals surface area contributed by atoms with Gasteiger partial charge in [-0.1, -0.05) is 48.0 Å². The molecule has 0 saturated carbocycles. The number of ether oxygens (including phenoxy) is 1. The van der Waals surface area contributed by atoms with Gasteiger partial charge in [-0.15, -0.1) is 0 Å². The standard InChI is InChI=1S/C31H33ClN4O3/c32-23-12-14-24(15-13-23)34-31(38)27(4-3-17-36-19-26-18-25(36)20-39-26)22-10-7-21(8-11-22)9-16-30(37)35-29-6-2-1-5-28(29)33/h1-2,5-16,25-27H,3-4,17-20,33H2,(H,34,38)(H,35,37)/t25-,26-,27?/m0/s1. The lowest BCUT2D eigenvalue weighted by Crippen LogP contribution is -2.37. The monoisotopic (exact) mass is 544 g/mol. The van der Waals surface area contributed by atoms with E-state index < -0.39 is 0 Å². The summed E-state index contributed by atoms with van der Waals surface area (Å²) in [5, 5.41) is 6.45. The minimum absolute atomic E-state index is 0.0493. The fraction of sp³-hybridized carbons (Fsp3) is 0.290. The molecule has 2 fully saturated rings. The Morgan fingerprint density at radius 1 is 1.05 bits per heavy atom. The topological polar surface area (TPSA) is 96.7 Å². The molecule has 3 atom stereocenters. The molecule has 202 valence electrons. The number of fused-ring (bicyclic) bond motifs is 2. The molecule has 8 heteroatoms. The molecule has 0 aliphatic carbocycles. The molecule has 0 spiro atoms. The maximum absolute atomic E-state index is 13.4. The van der Waals surface area contributed by atoms with E-state index in [1.54, 1.807) is 42.5 Å². The second-order valence-electron chi connectivity index (χ2n) is 10.1. The van der Waals surface area contributed by atoms with Crippen molar-refractivity contribution in [2.24, 2.45) is 0 Å². The fourth-order valence-electron chi connectivity index (χ4n) is 5.26. The second kappa shape index (κ2) is 12.5. The molecule has 2 amide bonds. The number of nitrogens with zero attached hydrogens (tertiary/aromatic N) is 1. The van der Waals surface area contributed by atoms with Crippen LogP contribution in [0, 0.1) is 0 Å². The lowest BCUT2D eigenvalue weighted by atomic mass is 9.92. The average Bonchev–Trinajstić information content (AvgIpc) is 3.57. The van der Waals surface area contributed by atoms with Crippen molar-refractivity contribution in [1.29, 1.82) is 0 Å². The van der Waals surface area contributed by atoms with Crippen LogP contribution in [0.4, 0.5) is 17.1 Å². The van der Waals surface area contributed by atoms with Crippen LogP contribution in [0.15, 0.2) is 78.9 Å². The SMILES string of the molecule is Nc1ccccc1NC(=O)C=Cc1ccc(C(CCCN2C[C@@H]3C[C@H]2CO3)C(=O)Nc2ccc(Cl)cc2)cc1. The highest BCUT2D eigenvalue weighted by Crippen LogP contribution is 2.30. The highest BCUT2D eigenvalue weighted by Gasteiger charge is 2.38. The zero-order valence-corrected chi connectivity index (χ0v) is 22.4. The fourth-order valence-corrected chi connectivity index (χ4v) is 5.39. The molecule has 2 aliphatic heterocycles. The quantitative estimate of drug-likeness (QED) is 0.230. The molecule has 1 unspecified atom stereocenters. The largest absolute Gasteiger partial charge is 0.397 e. The number of nitrogen functional groups attached to an aromatic ring is 1. The number of likely N-dealkylation sites (tertiary alicyclic amines) is 1. The van der Waals surface area contributed by atoms with Crippen molar-refractivity contribution >= 4 is 46.6 Å². The Kier molecular flexibility index (Phi) is 8.61. The molecule has 2 bridgehead atoms. The zero-order valence-electron chi connectivity index (χ0n) is 21.7. The number of carbonyl (C=O) groups is 2. The zero-order chi connectivity index (χ0) is 27.2. The highest BCUT2D eigenvalue weighted by molar-refractivity contribution is 6.30. The number of benzene rings is 3. The third-order valence-electron chi connectivity index (χ3n) is 7.36. The van der Waals surface area contributed by atoms with E-state index in [-0.39, 0.29) is 17.7 Å². The van der Waals surface area contributed by atoms with Crippen molar-refractivity contribution in [3.05, 3.63) is 95.0 Å². The number of amides is 2. The van der Waals surface area contributed by atoms with E-state index in [0.717, 1.165) is 50.1 Å². The molecular weight excluding hydrogens is 512 g/mol. The molecule has 3 aromatic rings. The number of nitrogens with one attached hydrogen (secondary N) is 2. The number of para-hydroxylation sites is 2. The molecule has 2 saturated heterocycles. The predicted octanol–water partition coefficient (Wildman–Crippen LogP) is 5.55. The van der Waals surface area contributed by atoms with Gasteiger partial charge >= 0.3 is 0 Å². The van der Waals surface area contributed by atoms with Gasteiger partial charge in [0.15, 0.2) is 0 Å². The Hall–Kier alpha value is -3.65. The molecule has 3 aromatic carbocycles. The van der Waals surface area contributed by atoms with Crippen molar-refractivity contribution < 1.29 is 14.3 Å². The number of hydrogen-bond acceptors (Lipinski definition) is 5. The van der Waals surface area contributed by atoms with E-state index in [9.17, 15) is 9.59 Å². The van der Waals surface area contributed by atoms with E-state index >= 15 is 0 Å². The van der Waals surface area contributed by atoms with Crippen molar-refractivity contribution in [3.63, 3.8) is 0 Å². The number of hydrogen-bond donors (Lipinski definition) is 3. The number of halogens is 1. The van der Waals surface area contributed by atoms with E-state index in [1.165, 1.54) is 6.08 Å². The number of rotatable bonds is 10. The van der Waals surface area contributed by atoms with Gasteiger partial charge in [-0.25, -0.2) is 0 Å². The van der Waals surface area contributed by atoms with Crippen LogP contribution in [-0.2, 0) is 14.3 Å². The first kappa shape index (κ1) is 26.9. The van der Waals surface area contributed by atoms with E-state index in [4.69, 9.17) is 22.1 Å². The minimum atomic E-state index is -0.306. The summed E-state index contributed by atoms with van der Waals surface area (Å²) < 4.78 is 5.72. The second-order valence-corrected chi connectivity index (χ2v) is 10.5. The third kappa shape index (κ3) is 7.06. The van der Waals surface area contributed by atoms with Gasteiger partial charge in [-0.3, -0.25) is 14.5 Å². The molecule has 2 aliphatic rings. The molecular formula is C31H33ClN4O3. The van der Waals surface area contributed by atoms with Gasteiger partial charge in [0.2, 0.25) is 11.8 Å². The summed E-state index contributed by atoms with van der Waals surface area (Å²) in [6.45, 7) is 2.76. The number of morpholine rings is 1. The Morgan fingerprint density at radius 3 is 2.51 bits per heavy atom. The van der Waals surface area contributed by atoms with Gasteiger partial charge in [0, 0.05) is 29.4 Å². The predicted molar refractivity (Wildman–Crippen MR) is 157 cm³/mol. The van der Waals surface area contributed by atoms with Gasteiger partial charge in [0.1, 0.15) is 0 Å². The number of carbonyl (C=O) groups excluding carboxylic acids is 2. The van der Waals surface area contributed by atoms with Crippen LogP contribution in [0.5, 0.6) is 0 Å². The first-order valence-electron chi connectivity index (χ1n) is 13.3. The van der Waals surface area contributed by atoms with E-state index in [2.05, 4.69) is 15.5 Å². The summed E-state index contributed by atoms with van der Waals surface area (Å²) in [5.41, 5.74) is 9.50. The normalized spacial score (nSPS) is 19.3. The molecule has 5 rings (SSSR count).